The molecule has 134 valence electrons. The third-order valence-electron chi connectivity index (χ3n) is 5.43. The molecule has 0 radical (unpaired) electrons. The molecule has 25 heavy (non-hydrogen) atoms. The molecule has 2 rings (SSSR count). The lowest BCUT2D eigenvalue weighted by atomic mass is 10.0. The molecule has 2 aromatic rings. The summed E-state index contributed by atoms with van der Waals surface area (Å²) in [4.78, 5) is 0. The smallest absolute Gasteiger partial charge is 0.146 e. The molecule has 0 saturated heterocycles. The van der Waals surface area contributed by atoms with Crippen LogP contribution < -0.4 is 0 Å². The number of halogens is 2. The van der Waals surface area contributed by atoms with Crippen LogP contribution in [0.4, 0.5) is 4.39 Å². The Morgan fingerprint density at radius 2 is 1.52 bits per heavy atom. The molecule has 0 atom stereocenters. The third-order valence-corrected chi connectivity index (χ3v) is 12.3. The first-order valence-corrected chi connectivity index (χ1v) is 12.0. The molecule has 0 aromatic heterocycles. The maximum absolute atomic E-state index is 14.7. The van der Waals surface area contributed by atoms with Gasteiger partial charge in [-0.15, -0.1) is 5.54 Å². The van der Waals surface area contributed by atoms with Gasteiger partial charge in [-0.1, -0.05) is 75.5 Å². The van der Waals surface area contributed by atoms with Crippen molar-refractivity contribution < 1.29 is 4.39 Å². The van der Waals surface area contributed by atoms with E-state index >= 15 is 0 Å². The Morgan fingerprint density at radius 3 is 2.04 bits per heavy atom. The minimum atomic E-state index is -1.89. The molecule has 0 aliphatic heterocycles. The predicted molar refractivity (Wildman–Crippen MR) is 114 cm³/mol. The largest absolute Gasteiger partial charge is 0.206 e. The Balaban J connectivity index is 2.77. The maximum Gasteiger partial charge on any atom is 0.146 e. The van der Waals surface area contributed by atoms with Crippen molar-refractivity contribution in [3.63, 3.8) is 0 Å². The quantitative estimate of drug-likeness (QED) is 0.355. The van der Waals surface area contributed by atoms with E-state index in [-0.39, 0.29) is 5.82 Å². The Hall–Kier alpha value is -1.11. The fourth-order valence-corrected chi connectivity index (χ4v) is 10.3. The molecule has 0 unspecified atom stereocenters. The highest BCUT2D eigenvalue weighted by Crippen LogP contribution is 2.41. The number of hydrogen-bond acceptors (Lipinski definition) is 0. The average molecular weight is 419 g/mol. The minimum absolute atomic E-state index is 0.233. The Kier molecular flexibility index (Phi) is 6.17. The van der Waals surface area contributed by atoms with Crippen LogP contribution in [-0.4, -0.2) is 8.07 Å². The highest BCUT2D eigenvalue weighted by Gasteiger charge is 2.41. The number of benzene rings is 2. The summed E-state index contributed by atoms with van der Waals surface area (Å²) in [5, 5.41) is 1.92. The topological polar surface area (TPSA) is 0 Å². The number of rotatable bonds is 3. The van der Waals surface area contributed by atoms with E-state index in [4.69, 9.17) is 0 Å². The number of aryl methyl sites for hydroxylation is 1. The average Bonchev–Trinajstić information content (AvgIpc) is 2.48. The lowest BCUT2D eigenvalue weighted by molar-refractivity contribution is 0.626. The summed E-state index contributed by atoms with van der Waals surface area (Å²) in [6, 6.07) is 7.50. The van der Waals surface area contributed by atoms with E-state index < -0.39 is 8.07 Å². The van der Waals surface area contributed by atoms with E-state index in [2.05, 4.69) is 75.0 Å². The lowest BCUT2D eigenvalue weighted by Crippen LogP contribution is -2.43. The van der Waals surface area contributed by atoms with Gasteiger partial charge in [0.2, 0.25) is 0 Å². The van der Waals surface area contributed by atoms with Crippen LogP contribution >= 0.6 is 15.9 Å². The molecule has 0 bridgehead atoms. The highest BCUT2D eigenvalue weighted by atomic mass is 79.9. The van der Waals surface area contributed by atoms with Crippen molar-refractivity contribution >= 4 is 34.8 Å². The fourth-order valence-electron chi connectivity index (χ4n) is 4.26. The predicted octanol–water partition coefficient (Wildman–Crippen LogP) is 7.62. The Labute approximate surface area is 161 Å². The standard InChI is InChI=1S/C22H28BrFSi/c1-14(2)25(15(3)4,16(5)6)11-10-19-21(24)9-8-18-12-17(7)13-20(23)22(18)19/h8-9,12-16H,1-7H3. The van der Waals surface area contributed by atoms with Crippen molar-refractivity contribution in [3.8, 4) is 11.5 Å². The van der Waals surface area contributed by atoms with E-state index in [1.165, 1.54) is 0 Å². The van der Waals surface area contributed by atoms with Gasteiger partial charge in [-0.2, -0.15) is 0 Å². The van der Waals surface area contributed by atoms with Crippen LogP contribution in [0.25, 0.3) is 10.8 Å². The summed E-state index contributed by atoms with van der Waals surface area (Å²) in [5.41, 5.74) is 6.93. The van der Waals surface area contributed by atoms with Crippen molar-refractivity contribution in [2.24, 2.45) is 0 Å². The summed E-state index contributed by atoms with van der Waals surface area (Å²) >= 11 is 3.62. The van der Waals surface area contributed by atoms with Crippen molar-refractivity contribution in [1.29, 1.82) is 0 Å². The van der Waals surface area contributed by atoms with Gasteiger partial charge in [0, 0.05) is 9.86 Å². The maximum atomic E-state index is 14.7. The Morgan fingerprint density at radius 1 is 0.960 bits per heavy atom. The Bertz CT molecular complexity index is 819. The van der Waals surface area contributed by atoms with Gasteiger partial charge >= 0.3 is 0 Å². The van der Waals surface area contributed by atoms with Gasteiger partial charge in [0.05, 0.1) is 5.56 Å². The van der Waals surface area contributed by atoms with E-state index in [0.717, 1.165) is 20.8 Å². The van der Waals surface area contributed by atoms with Gasteiger partial charge in [-0.05, 0) is 46.6 Å². The van der Waals surface area contributed by atoms with Crippen LogP contribution in [0.1, 0.15) is 52.7 Å². The fraction of sp³-hybridized carbons (Fsp3) is 0.455. The van der Waals surface area contributed by atoms with Crippen LogP contribution in [0, 0.1) is 24.2 Å². The van der Waals surface area contributed by atoms with Gasteiger partial charge in [0.1, 0.15) is 13.9 Å². The van der Waals surface area contributed by atoms with E-state index in [9.17, 15) is 4.39 Å². The first-order chi connectivity index (χ1) is 11.6. The van der Waals surface area contributed by atoms with Gasteiger partial charge in [0.25, 0.3) is 0 Å². The molecule has 0 nitrogen and oxygen atoms in total. The molecular weight excluding hydrogens is 391 g/mol. The number of fused-ring (bicyclic) bond motifs is 1. The molecule has 0 saturated carbocycles. The molecule has 0 aliphatic carbocycles. The first kappa shape index (κ1) is 20.2. The zero-order valence-corrected chi connectivity index (χ0v) is 18.9. The van der Waals surface area contributed by atoms with E-state index in [0.29, 0.717) is 22.2 Å². The highest BCUT2D eigenvalue weighted by molar-refractivity contribution is 9.10. The molecule has 0 aliphatic rings. The van der Waals surface area contributed by atoms with Crippen molar-refractivity contribution in [2.75, 3.05) is 0 Å². The summed E-state index contributed by atoms with van der Waals surface area (Å²) in [6.45, 7) is 15.7. The van der Waals surface area contributed by atoms with Crippen molar-refractivity contribution in [3.05, 3.63) is 45.7 Å². The molecule has 3 heteroatoms. The van der Waals surface area contributed by atoms with Crippen molar-refractivity contribution in [2.45, 2.75) is 65.1 Å². The second kappa shape index (κ2) is 7.64. The molecular formula is C22H28BrFSi. The molecule has 0 amide bonds. The summed E-state index contributed by atoms with van der Waals surface area (Å²) in [7, 11) is -1.89. The van der Waals surface area contributed by atoms with E-state index in [1.54, 1.807) is 6.07 Å². The van der Waals surface area contributed by atoms with Gasteiger partial charge in [-0.3, -0.25) is 0 Å². The monoisotopic (exact) mass is 418 g/mol. The van der Waals surface area contributed by atoms with Crippen LogP contribution in [0.5, 0.6) is 0 Å². The SMILES string of the molecule is Cc1cc(Br)c2c(C#C[Si](C(C)C)(C(C)C)C(C)C)c(F)ccc2c1. The third kappa shape index (κ3) is 3.71. The van der Waals surface area contributed by atoms with Crippen molar-refractivity contribution in [1.82, 2.24) is 0 Å². The minimum Gasteiger partial charge on any atom is -0.206 e. The molecule has 0 spiro atoms. The number of hydrogen-bond donors (Lipinski definition) is 0. The zero-order chi connectivity index (χ0) is 18.9. The summed E-state index contributed by atoms with van der Waals surface area (Å²) in [5.74, 6) is 3.08. The molecule has 0 N–H and O–H groups in total. The van der Waals surface area contributed by atoms with E-state index in [1.807, 2.05) is 19.1 Å². The normalized spacial score (nSPS) is 12.2. The second-order valence-corrected chi connectivity index (χ2v) is 14.3. The van der Waals surface area contributed by atoms with Gasteiger partial charge in [0.15, 0.2) is 0 Å². The second-order valence-electron chi connectivity index (χ2n) is 7.91. The molecule has 0 heterocycles. The van der Waals surface area contributed by atoms with Gasteiger partial charge < -0.3 is 0 Å². The first-order valence-electron chi connectivity index (χ1n) is 9.02. The van der Waals surface area contributed by atoms with Crippen LogP contribution in [0.15, 0.2) is 28.7 Å². The zero-order valence-electron chi connectivity index (χ0n) is 16.3. The summed E-state index contributed by atoms with van der Waals surface area (Å²) < 4.78 is 15.6. The molecule has 0 fully saturated rings. The van der Waals surface area contributed by atoms with Crippen LogP contribution in [0.3, 0.4) is 0 Å². The summed E-state index contributed by atoms with van der Waals surface area (Å²) in [6.07, 6.45) is 0. The van der Waals surface area contributed by atoms with Crippen LogP contribution in [0.2, 0.25) is 16.6 Å². The molecule has 2 aromatic carbocycles. The lowest BCUT2D eigenvalue weighted by Gasteiger charge is -2.38. The van der Waals surface area contributed by atoms with Crippen LogP contribution in [-0.2, 0) is 0 Å². The van der Waals surface area contributed by atoms with Gasteiger partial charge in [-0.25, -0.2) is 4.39 Å².